The maximum absolute atomic E-state index is 11.6. The van der Waals surface area contributed by atoms with Crippen LogP contribution in [0.2, 0.25) is 0 Å². The second-order valence-corrected chi connectivity index (χ2v) is 4.38. The summed E-state index contributed by atoms with van der Waals surface area (Å²) in [6, 6.07) is 3.98. The summed E-state index contributed by atoms with van der Waals surface area (Å²) in [6.07, 6.45) is 4.27. The highest BCUT2D eigenvalue weighted by Gasteiger charge is 2.24. The number of aromatic nitrogens is 1. The van der Waals surface area contributed by atoms with Gasteiger partial charge in [-0.1, -0.05) is 0 Å². The summed E-state index contributed by atoms with van der Waals surface area (Å²) in [7, 11) is 0. The van der Waals surface area contributed by atoms with E-state index in [1.165, 1.54) is 0 Å². The van der Waals surface area contributed by atoms with E-state index in [1.54, 1.807) is 11.8 Å². The molecule has 98 valence electrons. The first-order valence-electron chi connectivity index (χ1n) is 6.30. The van der Waals surface area contributed by atoms with Gasteiger partial charge in [0.1, 0.15) is 0 Å². The summed E-state index contributed by atoms with van der Waals surface area (Å²) >= 11 is 0. The SMILES string of the molecule is CCOC(=O)N1CCC(n2cccc2C=O)CC1. The third-order valence-corrected chi connectivity index (χ3v) is 3.32. The molecule has 0 atom stereocenters. The van der Waals surface area contributed by atoms with Gasteiger partial charge in [0.2, 0.25) is 0 Å². The molecular formula is C13H18N2O3. The summed E-state index contributed by atoms with van der Waals surface area (Å²) in [5, 5.41) is 0. The molecule has 0 spiro atoms. The van der Waals surface area contributed by atoms with Crippen molar-refractivity contribution < 1.29 is 14.3 Å². The molecule has 1 amide bonds. The molecule has 0 radical (unpaired) electrons. The zero-order valence-electron chi connectivity index (χ0n) is 10.5. The van der Waals surface area contributed by atoms with Crippen LogP contribution in [0, 0.1) is 0 Å². The molecule has 1 aromatic heterocycles. The number of amides is 1. The first kappa shape index (κ1) is 12.7. The van der Waals surface area contributed by atoms with Crippen molar-refractivity contribution in [2.75, 3.05) is 19.7 Å². The summed E-state index contributed by atoms with van der Waals surface area (Å²) < 4.78 is 6.97. The number of ether oxygens (including phenoxy) is 1. The zero-order valence-corrected chi connectivity index (χ0v) is 10.5. The fraction of sp³-hybridized carbons (Fsp3) is 0.538. The molecule has 0 bridgehead atoms. The quantitative estimate of drug-likeness (QED) is 0.772. The molecule has 0 N–H and O–H groups in total. The van der Waals surface area contributed by atoms with E-state index in [1.807, 2.05) is 22.9 Å². The highest BCUT2D eigenvalue weighted by atomic mass is 16.6. The van der Waals surface area contributed by atoms with Crippen LogP contribution in [0.25, 0.3) is 0 Å². The summed E-state index contributed by atoms with van der Waals surface area (Å²) in [6.45, 7) is 3.58. The molecule has 1 aromatic rings. The van der Waals surface area contributed by atoms with Crippen LogP contribution in [0.4, 0.5) is 4.79 Å². The van der Waals surface area contributed by atoms with Gasteiger partial charge in [-0.05, 0) is 31.9 Å². The predicted octanol–water partition coefficient (Wildman–Crippen LogP) is 2.09. The van der Waals surface area contributed by atoms with Gasteiger partial charge >= 0.3 is 6.09 Å². The molecule has 0 unspecified atom stereocenters. The minimum absolute atomic E-state index is 0.237. The predicted molar refractivity (Wildman–Crippen MR) is 66.7 cm³/mol. The molecule has 1 aliphatic heterocycles. The third-order valence-electron chi connectivity index (χ3n) is 3.32. The Labute approximate surface area is 106 Å². The van der Waals surface area contributed by atoms with Crippen molar-refractivity contribution in [3.63, 3.8) is 0 Å². The maximum Gasteiger partial charge on any atom is 0.409 e. The number of carbonyl (C=O) groups is 2. The Hall–Kier alpha value is -1.78. The highest BCUT2D eigenvalue weighted by molar-refractivity contribution is 5.72. The van der Waals surface area contributed by atoms with E-state index in [-0.39, 0.29) is 6.09 Å². The van der Waals surface area contributed by atoms with Crippen LogP contribution in [0.1, 0.15) is 36.3 Å². The largest absolute Gasteiger partial charge is 0.450 e. The summed E-state index contributed by atoms with van der Waals surface area (Å²) in [5.41, 5.74) is 0.699. The van der Waals surface area contributed by atoms with E-state index in [2.05, 4.69) is 0 Å². The molecule has 0 saturated carbocycles. The van der Waals surface area contributed by atoms with E-state index in [4.69, 9.17) is 4.74 Å². The van der Waals surface area contributed by atoms with E-state index >= 15 is 0 Å². The molecule has 2 rings (SSSR count). The fourth-order valence-electron chi connectivity index (χ4n) is 2.38. The van der Waals surface area contributed by atoms with Gasteiger partial charge in [-0.3, -0.25) is 4.79 Å². The first-order valence-corrected chi connectivity index (χ1v) is 6.30. The van der Waals surface area contributed by atoms with Crippen molar-refractivity contribution in [3.8, 4) is 0 Å². The minimum Gasteiger partial charge on any atom is -0.450 e. The standard InChI is InChI=1S/C13H18N2O3/c1-2-18-13(17)14-8-5-11(6-9-14)15-7-3-4-12(15)10-16/h3-4,7,10-11H,2,5-6,8-9H2,1H3. The van der Waals surface area contributed by atoms with Crippen molar-refractivity contribution in [1.82, 2.24) is 9.47 Å². The number of carbonyl (C=O) groups excluding carboxylic acids is 2. The van der Waals surface area contributed by atoms with Gasteiger partial charge in [0.25, 0.3) is 0 Å². The lowest BCUT2D eigenvalue weighted by Crippen LogP contribution is -2.39. The zero-order chi connectivity index (χ0) is 13.0. The number of rotatable bonds is 3. The third kappa shape index (κ3) is 2.55. The molecule has 18 heavy (non-hydrogen) atoms. The Morgan fingerprint density at radius 2 is 2.22 bits per heavy atom. The number of hydrogen-bond donors (Lipinski definition) is 0. The average molecular weight is 250 g/mol. The van der Waals surface area contributed by atoms with Crippen LogP contribution >= 0.6 is 0 Å². The number of nitrogens with zero attached hydrogens (tertiary/aromatic N) is 2. The Morgan fingerprint density at radius 1 is 1.50 bits per heavy atom. The van der Waals surface area contributed by atoms with Crippen LogP contribution in [0.3, 0.4) is 0 Å². The van der Waals surface area contributed by atoms with Crippen molar-refractivity contribution in [2.24, 2.45) is 0 Å². The van der Waals surface area contributed by atoms with E-state index in [9.17, 15) is 9.59 Å². The summed E-state index contributed by atoms with van der Waals surface area (Å²) in [4.78, 5) is 24.2. The van der Waals surface area contributed by atoms with Gasteiger partial charge in [-0.15, -0.1) is 0 Å². The van der Waals surface area contributed by atoms with Gasteiger partial charge in [0, 0.05) is 25.3 Å². The van der Waals surface area contributed by atoms with Crippen LogP contribution in [-0.4, -0.2) is 41.5 Å². The van der Waals surface area contributed by atoms with Crippen LogP contribution in [0.15, 0.2) is 18.3 Å². The number of aldehydes is 1. The topological polar surface area (TPSA) is 51.5 Å². The van der Waals surface area contributed by atoms with Crippen molar-refractivity contribution in [3.05, 3.63) is 24.0 Å². The normalized spacial score (nSPS) is 16.6. The first-order chi connectivity index (χ1) is 8.76. The Kier molecular flexibility index (Phi) is 4.02. The van der Waals surface area contributed by atoms with Crippen LogP contribution < -0.4 is 0 Å². The summed E-state index contributed by atoms with van der Waals surface area (Å²) in [5.74, 6) is 0. The Bertz CT molecular complexity index is 420. The molecule has 2 heterocycles. The smallest absolute Gasteiger partial charge is 0.409 e. The van der Waals surface area contributed by atoms with E-state index in [0.717, 1.165) is 19.1 Å². The second kappa shape index (κ2) is 5.71. The van der Waals surface area contributed by atoms with E-state index < -0.39 is 0 Å². The molecule has 5 heteroatoms. The lowest BCUT2D eigenvalue weighted by molar-refractivity contribution is 0.0918. The Balaban J connectivity index is 1.94. The van der Waals surface area contributed by atoms with Crippen LogP contribution in [0.5, 0.6) is 0 Å². The van der Waals surface area contributed by atoms with Gasteiger partial charge in [0.05, 0.1) is 12.3 Å². The molecule has 1 aliphatic rings. The lowest BCUT2D eigenvalue weighted by atomic mass is 10.1. The van der Waals surface area contributed by atoms with Gasteiger partial charge < -0.3 is 14.2 Å². The second-order valence-electron chi connectivity index (χ2n) is 4.38. The molecule has 1 saturated heterocycles. The van der Waals surface area contributed by atoms with Crippen molar-refractivity contribution in [1.29, 1.82) is 0 Å². The number of hydrogen-bond acceptors (Lipinski definition) is 3. The Morgan fingerprint density at radius 3 is 2.83 bits per heavy atom. The van der Waals surface area contributed by atoms with Gasteiger partial charge in [-0.25, -0.2) is 4.79 Å². The van der Waals surface area contributed by atoms with Crippen LogP contribution in [-0.2, 0) is 4.74 Å². The minimum atomic E-state index is -0.237. The van der Waals surface area contributed by atoms with Crippen molar-refractivity contribution in [2.45, 2.75) is 25.8 Å². The highest BCUT2D eigenvalue weighted by Crippen LogP contribution is 2.24. The number of piperidine rings is 1. The van der Waals surface area contributed by atoms with Gasteiger partial charge in [0.15, 0.2) is 6.29 Å². The monoisotopic (exact) mass is 250 g/mol. The van der Waals surface area contributed by atoms with Gasteiger partial charge in [-0.2, -0.15) is 0 Å². The molecule has 1 fully saturated rings. The maximum atomic E-state index is 11.6. The van der Waals surface area contributed by atoms with E-state index in [0.29, 0.717) is 31.4 Å². The fourth-order valence-corrected chi connectivity index (χ4v) is 2.38. The molecule has 0 aromatic carbocycles. The average Bonchev–Trinajstić information content (AvgIpc) is 2.87. The molecular weight excluding hydrogens is 232 g/mol. The molecule has 5 nitrogen and oxygen atoms in total. The van der Waals surface area contributed by atoms with Crippen molar-refractivity contribution >= 4 is 12.4 Å². The molecule has 0 aliphatic carbocycles. The lowest BCUT2D eigenvalue weighted by Gasteiger charge is -2.32. The number of likely N-dealkylation sites (tertiary alicyclic amines) is 1.